The number of carbonyl (C=O) groups excluding carboxylic acids is 1. The largest absolute Gasteiger partial charge is 0.416 e. The van der Waals surface area contributed by atoms with E-state index in [0.29, 0.717) is 0 Å². The van der Waals surface area contributed by atoms with Gasteiger partial charge in [0, 0.05) is 6.99 Å². The van der Waals surface area contributed by atoms with E-state index in [1.165, 1.54) is 6.07 Å². The van der Waals surface area contributed by atoms with Crippen molar-refractivity contribution < 1.29 is 19.4 Å². The van der Waals surface area contributed by atoms with Crippen molar-refractivity contribution in [2.45, 2.75) is 20.0 Å². The van der Waals surface area contributed by atoms with Crippen LogP contribution >= 0.6 is 0 Å². The quantitative estimate of drug-likeness (QED) is 0.778. The Kier molecular flexibility index (Phi) is 4.84. The van der Waals surface area contributed by atoms with Crippen molar-refractivity contribution in [3.05, 3.63) is 35.4 Å². The number of nitrogens with two attached hydrogens (primary N) is 1. The maximum absolute atomic E-state index is 12.1. The highest BCUT2D eigenvalue weighted by Gasteiger charge is 2.30. The van der Waals surface area contributed by atoms with Crippen molar-refractivity contribution in [3.63, 3.8) is 0 Å². The fourth-order valence-corrected chi connectivity index (χ4v) is 0.849. The molecule has 2 N–H and O–H groups in total. The van der Waals surface area contributed by atoms with E-state index in [-0.39, 0.29) is 6.99 Å². The van der Waals surface area contributed by atoms with Crippen molar-refractivity contribution >= 4 is 5.91 Å². The fraction of sp³-hybridized carbons (Fsp3) is 0.300. The van der Waals surface area contributed by atoms with Gasteiger partial charge in [0.15, 0.2) is 0 Å². The van der Waals surface area contributed by atoms with Gasteiger partial charge in [0.25, 0.3) is 0 Å². The van der Waals surface area contributed by atoms with Gasteiger partial charge in [-0.3, -0.25) is 4.79 Å². The molecule has 0 saturated carbocycles. The lowest BCUT2D eigenvalue weighted by molar-refractivity contribution is -0.137. The third-order valence-corrected chi connectivity index (χ3v) is 1.47. The molecule has 0 radical (unpaired) electrons. The van der Waals surface area contributed by atoms with Gasteiger partial charge in [-0.15, -0.1) is 0 Å². The number of benzene rings is 1. The van der Waals surface area contributed by atoms with E-state index >= 15 is 0 Å². The number of amides is 1. The van der Waals surface area contributed by atoms with Crippen LogP contribution in [-0.2, 0) is 6.18 Å². The summed E-state index contributed by atoms with van der Waals surface area (Å²) in [5.41, 5.74) is 3.80. The van der Waals surface area contributed by atoms with E-state index in [2.05, 4.69) is 0 Å². The molecule has 15 heavy (non-hydrogen) atoms. The Bertz CT molecular complexity index is 339. The third-order valence-electron chi connectivity index (χ3n) is 1.47. The second-order valence-corrected chi connectivity index (χ2v) is 2.44. The Labute approximate surface area is 87.4 Å². The molecule has 1 aromatic carbocycles. The highest BCUT2D eigenvalue weighted by atomic mass is 19.4. The van der Waals surface area contributed by atoms with Gasteiger partial charge in [-0.25, -0.2) is 0 Å². The summed E-state index contributed by atoms with van der Waals surface area (Å²) in [4.78, 5) is 10.5. The molecular weight excluding hydrogens is 207 g/mol. The van der Waals surface area contributed by atoms with E-state index in [1.807, 2.05) is 13.8 Å². The zero-order valence-electron chi connectivity index (χ0n) is 8.43. The molecule has 2 nitrogen and oxygen atoms in total. The Balaban J connectivity index is 0. The van der Waals surface area contributed by atoms with Gasteiger partial charge in [-0.1, -0.05) is 19.9 Å². The molecule has 0 aliphatic heterocycles. The van der Waals surface area contributed by atoms with Crippen LogP contribution in [0.4, 0.5) is 13.2 Å². The summed E-state index contributed by atoms with van der Waals surface area (Å²) >= 11 is 0. The van der Waals surface area contributed by atoms with Crippen LogP contribution in [0.15, 0.2) is 24.3 Å². The van der Waals surface area contributed by atoms with Crippen LogP contribution in [0.25, 0.3) is 0 Å². The minimum atomic E-state index is -4.44. The maximum Gasteiger partial charge on any atom is 0.416 e. The number of hydrogen-bond acceptors (Lipinski definition) is 1. The summed E-state index contributed by atoms with van der Waals surface area (Å²) in [7, 11) is 0. The summed E-state index contributed by atoms with van der Waals surface area (Å²) in [5, 5.41) is 0. The third kappa shape index (κ3) is 4.01. The van der Waals surface area contributed by atoms with Crippen molar-refractivity contribution in [2.24, 2.45) is 5.73 Å². The van der Waals surface area contributed by atoms with Crippen LogP contribution in [0.1, 0.15) is 31.2 Å². The van der Waals surface area contributed by atoms with Crippen LogP contribution in [-0.4, -0.2) is 5.91 Å². The first-order chi connectivity index (χ1) is 6.91. The van der Waals surface area contributed by atoms with Gasteiger partial charge >= 0.3 is 6.18 Å². The minimum absolute atomic E-state index is 0. The SMILES string of the molecule is CC.NC(=O)c1cccc(C(F)(F)F)c1.[HH]. The van der Waals surface area contributed by atoms with Gasteiger partial charge in [-0.05, 0) is 18.2 Å². The highest BCUT2D eigenvalue weighted by molar-refractivity contribution is 5.92. The van der Waals surface area contributed by atoms with Gasteiger partial charge in [0.05, 0.1) is 5.56 Å². The smallest absolute Gasteiger partial charge is 0.366 e. The van der Waals surface area contributed by atoms with Crippen LogP contribution < -0.4 is 5.73 Å². The number of rotatable bonds is 1. The normalized spacial score (nSPS) is 10.2. The van der Waals surface area contributed by atoms with Gasteiger partial charge in [-0.2, -0.15) is 13.2 Å². The number of hydrogen-bond donors (Lipinski definition) is 1. The molecule has 0 saturated heterocycles. The maximum atomic E-state index is 12.1. The van der Waals surface area contributed by atoms with Crippen molar-refractivity contribution in [1.29, 1.82) is 0 Å². The van der Waals surface area contributed by atoms with Crippen LogP contribution in [0, 0.1) is 0 Å². The van der Waals surface area contributed by atoms with Gasteiger partial charge in [0.1, 0.15) is 0 Å². The molecule has 0 heterocycles. The summed E-state index contributed by atoms with van der Waals surface area (Å²) in [5.74, 6) is -0.869. The molecule has 86 valence electrons. The predicted octanol–water partition coefficient (Wildman–Crippen LogP) is 3.08. The Morgan fingerprint density at radius 3 is 2.27 bits per heavy atom. The zero-order valence-corrected chi connectivity index (χ0v) is 8.43. The predicted molar refractivity (Wildman–Crippen MR) is 53.4 cm³/mol. The fourth-order valence-electron chi connectivity index (χ4n) is 0.849. The lowest BCUT2D eigenvalue weighted by Crippen LogP contribution is -2.13. The van der Waals surface area contributed by atoms with Crippen LogP contribution in [0.2, 0.25) is 0 Å². The number of halogens is 3. The monoisotopic (exact) mass is 221 g/mol. The first-order valence-corrected chi connectivity index (χ1v) is 4.38. The van der Waals surface area contributed by atoms with E-state index < -0.39 is 17.6 Å². The molecule has 1 aromatic rings. The van der Waals surface area contributed by atoms with E-state index in [9.17, 15) is 18.0 Å². The van der Waals surface area contributed by atoms with E-state index in [4.69, 9.17) is 5.73 Å². The molecule has 0 aromatic heterocycles. The molecule has 0 aliphatic rings. The average molecular weight is 221 g/mol. The highest BCUT2D eigenvalue weighted by Crippen LogP contribution is 2.29. The second kappa shape index (κ2) is 5.38. The molecule has 0 bridgehead atoms. The number of primary amides is 1. The van der Waals surface area contributed by atoms with Gasteiger partial charge < -0.3 is 5.73 Å². The molecule has 1 amide bonds. The van der Waals surface area contributed by atoms with Crippen LogP contribution in [0.3, 0.4) is 0 Å². The summed E-state index contributed by atoms with van der Waals surface area (Å²) in [6, 6.07) is 3.98. The lowest BCUT2D eigenvalue weighted by Gasteiger charge is -2.06. The molecule has 0 unspecified atom stereocenters. The molecule has 0 aliphatic carbocycles. The number of alkyl halides is 3. The first-order valence-electron chi connectivity index (χ1n) is 4.38. The minimum Gasteiger partial charge on any atom is -0.366 e. The summed E-state index contributed by atoms with van der Waals surface area (Å²) < 4.78 is 36.2. The Morgan fingerprint density at radius 2 is 1.87 bits per heavy atom. The Morgan fingerprint density at radius 1 is 1.33 bits per heavy atom. The molecular formula is C10H14F3NO. The molecule has 1 rings (SSSR count). The Hall–Kier alpha value is -1.52. The average Bonchev–Trinajstić information content (AvgIpc) is 2.20. The topological polar surface area (TPSA) is 43.1 Å². The first kappa shape index (κ1) is 13.5. The molecule has 0 spiro atoms. The standard InChI is InChI=1S/C8H6F3NO.C2H6.H2/c9-8(10,11)6-3-1-2-5(4-6)7(12)13;1-2;/h1-4H,(H2,12,13);1-2H3;1H. The molecule has 0 fully saturated rings. The van der Waals surface area contributed by atoms with Crippen molar-refractivity contribution in [3.8, 4) is 0 Å². The lowest BCUT2D eigenvalue weighted by atomic mass is 10.1. The van der Waals surface area contributed by atoms with Crippen molar-refractivity contribution in [1.82, 2.24) is 0 Å². The summed E-state index contributed by atoms with van der Waals surface area (Å²) in [6.07, 6.45) is -4.44. The van der Waals surface area contributed by atoms with Crippen LogP contribution in [0.5, 0.6) is 0 Å². The molecule has 5 heteroatoms. The summed E-state index contributed by atoms with van der Waals surface area (Å²) in [6.45, 7) is 4.00. The van der Waals surface area contributed by atoms with Gasteiger partial charge in [0.2, 0.25) is 5.91 Å². The second-order valence-electron chi connectivity index (χ2n) is 2.44. The molecule has 0 atom stereocenters. The number of carbonyl (C=O) groups is 1. The van der Waals surface area contributed by atoms with E-state index in [0.717, 1.165) is 18.2 Å². The van der Waals surface area contributed by atoms with E-state index in [1.54, 1.807) is 0 Å². The van der Waals surface area contributed by atoms with Crippen molar-refractivity contribution in [2.75, 3.05) is 0 Å². The zero-order chi connectivity index (χ0) is 12.1.